The second-order valence-electron chi connectivity index (χ2n) is 5.64. The van der Waals surface area contributed by atoms with E-state index in [1.807, 2.05) is 0 Å². The van der Waals surface area contributed by atoms with Crippen molar-refractivity contribution >= 4 is 23.1 Å². The average molecular weight is 238 g/mol. The van der Waals surface area contributed by atoms with Gasteiger partial charge in [0, 0.05) is 0 Å². The summed E-state index contributed by atoms with van der Waals surface area (Å²) in [6.45, 7) is 10.5. The molecule has 1 aliphatic rings. The van der Waals surface area contributed by atoms with Crippen LogP contribution in [0.5, 0.6) is 0 Å². The Morgan fingerprint density at radius 2 is 1.62 bits per heavy atom. The van der Waals surface area contributed by atoms with Gasteiger partial charge in [0.05, 0.1) is 0 Å². The standard InChI is InChI=1S/C8H17O.C5H10N.Mg/c1-7(9)5-6-8(2,3)4;1-2-4-6-5-3-1;/h7H,5-6H2,1-4H3;1-5H2;/q2*-1;+2. The van der Waals surface area contributed by atoms with Crippen LogP contribution in [0.3, 0.4) is 0 Å². The second kappa shape index (κ2) is 10.8. The molecule has 16 heavy (non-hydrogen) atoms. The largest absolute Gasteiger partial charge is 2.00 e. The van der Waals surface area contributed by atoms with E-state index in [1.54, 1.807) is 6.92 Å². The Hall–Kier alpha value is 0.686. The first-order valence-corrected chi connectivity index (χ1v) is 6.21. The van der Waals surface area contributed by atoms with Crippen LogP contribution in [0.2, 0.25) is 0 Å². The van der Waals surface area contributed by atoms with Gasteiger partial charge in [-0.25, -0.2) is 0 Å². The SMILES string of the molecule is C1CC[N-]CC1.CC([O-])CCC(C)(C)C.[Mg+2]. The maximum Gasteiger partial charge on any atom is 2.00 e. The minimum Gasteiger partial charge on any atom is -0.852 e. The van der Waals surface area contributed by atoms with Gasteiger partial charge in [0.2, 0.25) is 0 Å². The number of rotatable bonds is 2. The maximum atomic E-state index is 10.6. The van der Waals surface area contributed by atoms with Crippen LogP contribution in [0.4, 0.5) is 0 Å². The topological polar surface area (TPSA) is 37.2 Å². The zero-order chi connectivity index (χ0) is 11.7. The van der Waals surface area contributed by atoms with E-state index >= 15 is 0 Å². The van der Waals surface area contributed by atoms with Crippen molar-refractivity contribution in [3.63, 3.8) is 0 Å². The van der Waals surface area contributed by atoms with Gasteiger partial charge in [-0.1, -0.05) is 53.4 Å². The smallest absolute Gasteiger partial charge is 0.852 e. The molecule has 1 atom stereocenters. The van der Waals surface area contributed by atoms with Gasteiger partial charge in [-0.2, -0.15) is 0 Å². The van der Waals surface area contributed by atoms with Crippen molar-refractivity contribution in [3.8, 4) is 0 Å². The van der Waals surface area contributed by atoms with Crippen LogP contribution in [-0.2, 0) is 0 Å². The Morgan fingerprint density at radius 3 is 1.75 bits per heavy atom. The zero-order valence-corrected chi connectivity index (χ0v) is 13.0. The molecule has 0 bridgehead atoms. The molecule has 1 rings (SSSR count). The Kier molecular flexibility index (Phi) is 12.9. The fourth-order valence-electron chi connectivity index (χ4n) is 1.37. The average Bonchev–Trinajstić information content (AvgIpc) is 2.18. The van der Waals surface area contributed by atoms with E-state index in [0.29, 0.717) is 5.41 Å². The van der Waals surface area contributed by atoms with Crippen LogP contribution in [0, 0.1) is 5.41 Å². The molecule has 0 aromatic rings. The second-order valence-corrected chi connectivity index (χ2v) is 5.64. The molecule has 1 fully saturated rings. The normalized spacial score (nSPS) is 17.8. The van der Waals surface area contributed by atoms with E-state index in [0.717, 1.165) is 25.9 Å². The maximum absolute atomic E-state index is 10.6. The molecule has 0 aromatic carbocycles. The van der Waals surface area contributed by atoms with Crippen molar-refractivity contribution in [1.82, 2.24) is 0 Å². The van der Waals surface area contributed by atoms with Gasteiger partial charge in [-0.15, -0.1) is 19.2 Å². The molecule has 1 unspecified atom stereocenters. The molecule has 3 heteroatoms. The summed E-state index contributed by atoms with van der Waals surface area (Å²) >= 11 is 0. The summed E-state index contributed by atoms with van der Waals surface area (Å²) in [5.74, 6) is 0. The van der Waals surface area contributed by atoms with E-state index in [9.17, 15) is 5.11 Å². The first kappa shape index (κ1) is 19.0. The third-order valence-corrected chi connectivity index (χ3v) is 2.43. The van der Waals surface area contributed by atoms with E-state index in [1.165, 1.54) is 19.3 Å². The number of nitrogens with zero attached hydrogens (tertiary/aromatic N) is 1. The van der Waals surface area contributed by atoms with Gasteiger partial charge < -0.3 is 10.4 Å². The third-order valence-electron chi connectivity index (χ3n) is 2.43. The summed E-state index contributed by atoms with van der Waals surface area (Å²) in [5, 5.41) is 14.8. The van der Waals surface area contributed by atoms with E-state index in [4.69, 9.17) is 0 Å². The molecule has 0 amide bonds. The molecule has 0 aromatic heterocycles. The van der Waals surface area contributed by atoms with Crippen molar-refractivity contribution in [2.45, 2.75) is 65.9 Å². The summed E-state index contributed by atoms with van der Waals surface area (Å²) in [6.07, 6.45) is 5.54. The van der Waals surface area contributed by atoms with Crippen LogP contribution >= 0.6 is 0 Å². The summed E-state index contributed by atoms with van der Waals surface area (Å²) in [6, 6.07) is 0. The quantitative estimate of drug-likeness (QED) is 0.681. The van der Waals surface area contributed by atoms with Crippen LogP contribution < -0.4 is 5.11 Å². The molecule has 0 aliphatic carbocycles. The molecule has 1 heterocycles. The predicted octanol–water partition coefficient (Wildman–Crippen LogP) is 2.72. The Labute approximate surface area is 118 Å². The fourth-order valence-corrected chi connectivity index (χ4v) is 1.37. The molecule has 0 saturated carbocycles. The minimum atomic E-state index is -0.385. The summed E-state index contributed by atoms with van der Waals surface area (Å²) in [7, 11) is 0. The van der Waals surface area contributed by atoms with Crippen LogP contribution in [0.15, 0.2) is 0 Å². The summed E-state index contributed by atoms with van der Waals surface area (Å²) in [4.78, 5) is 0. The van der Waals surface area contributed by atoms with Gasteiger partial charge in [0.15, 0.2) is 0 Å². The Balaban J connectivity index is 0. The molecule has 92 valence electrons. The van der Waals surface area contributed by atoms with Crippen LogP contribution in [0.1, 0.15) is 59.8 Å². The van der Waals surface area contributed by atoms with Crippen molar-refractivity contribution < 1.29 is 5.11 Å². The Bertz CT molecular complexity index is 128. The van der Waals surface area contributed by atoms with E-state index in [2.05, 4.69) is 26.1 Å². The first-order valence-electron chi connectivity index (χ1n) is 6.21. The number of hydrogen-bond acceptors (Lipinski definition) is 1. The zero-order valence-electron chi connectivity index (χ0n) is 11.6. The van der Waals surface area contributed by atoms with Crippen LogP contribution in [-0.4, -0.2) is 42.2 Å². The monoisotopic (exact) mass is 237 g/mol. The Morgan fingerprint density at radius 1 is 1.12 bits per heavy atom. The van der Waals surface area contributed by atoms with Gasteiger partial charge in [0.1, 0.15) is 0 Å². The molecular weight excluding hydrogens is 210 g/mol. The molecule has 1 saturated heterocycles. The molecule has 0 spiro atoms. The summed E-state index contributed by atoms with van der Waals surface area (Å²) in [5.41, 5.74) is 0.332. The van der Waals surface area contributed by atoms with Gasteiger partial charge in [0.25, 0.3) is 0 Å². The molecule has 1 aliphatic heterocycles. The molecule has 0 radical (unpaired) electrons. The van der Waals surface area contributed by atoms with Crippen LogP contribution in [0.25, 0.3) is 5.32 Å². The van der Waals surface area contributed by atoms with E-state index < -0.39 is 0 Å². The predicted molar refractivity (Wildman–Crippen MR) is 70.8 cm³/mol. The molecular formula is C13H27MgNO. The molecule has 0 N–H and O–H groups in total. The van der Waals surface area contributed by atoms with Gasteiger partial charge in [-0.3, -0.25) is 0 Å². The third kappa shape index (κ3) is 17.1. The van der Waals surface area contributed by atoms with Crippen molar-refractivity contribution in [1.29, 1.82) is 0 Å². The van der Waals surface area contributed by atoms with Crippen molar-refractivity contribution in [3.05, 3.63) is 5.32 Å². The van der Waals surface area contributed by atoms with Gasteiger partial charge in [-0.05, 0) is 11.8 Å². The number of hydrogen-bond donors (Lipinski definition) is 0. The fraction of sp³-hybridized carbons (Fsp3) is 1.00. The minimum absolute atomic E-state index is 0. The van der Waals surface area contributed by atoms with Crippen molar-refractivity contribution in [2.75, 3.05) is 13.1 Å². The van der Waals surface area contributed by atoms with Crippen molar-refractivity contribution in [2.24, 2.45) is 5.41 Å². The number of piperidine rings is 1. The first-order chi connectivity index (χ1) is 6.92. The summed E-state index contributed by atoms with van der Waals surface area (Å²) < 4.78 is 0. The van der Waals surface area contributed by atoms with Gasteiger partial charge >= 0.3 is 23.1 Å². The van der Waals surface area contributed by atoms with E-state index in [-0.39, 0.29) is 29.2 Å². The molecule has 2 nitrogen and oxygen atoms in total.